The first kappa shape index (κ1) is 11.7. The molecule has 0 aliphatic heterocycles. The summed E-state index contributed by atoms with van der Waals surface area (Å²) in [7, 11) is 3.63. The predicted molar refractivity (Wildman–Crippen MR) is 67.8 cm³/mol. The fraction of sp³-hybridized carbons (Fsp3) is 0.308. The first-order valence-electron chi connectivity index (χ1n) is 5.52. The van der Waals surface area contributed by atoms with E-state index in [9.17, 15) is 0 Å². The van der Waals surface area contributed by atoms with Gasteiger partial charge in [0.05, 0.1) is 24.8 Å². The van der Waals surface area contributed by atoms with Crippen molar-refractivity contribution >= 4 is 0 Å². The summed E-state index contributed by atoms with van der Waals surface area (Å²) in [5.41, 5.74) is 9.84. The van der Waals surface area contributed by atoms with E-state index >= 15 is 0 Å². The molecule has 0 bridgehead atoms. The molecule has 0 spiro atoms. The van der Waals surface area contributed by atoms with Crippen molar-refractivity contribution in [2.24, 2.45) is 12.8 Å². The lowest BCUT2D eigenvalue weighted by Crippen LogP contribution is -2.02. The Morgan fingerprint density at radius 3 is 2.82 bits per heavy atom. The summed E-state index contributed by atoms with van der Waals surface area (Å²) < 4.78 is 7.37. The number of methoxy groups -OCH3 is 1. The lowest BCUT2D eigenvalue weighted by Gasteiger charge is -2.11. The second-order valence-electron chi connectivity index (χ2n) is 4.06. The van der Waals surface area contributed by atoms with Crippen molar-refractivity contribution in [3.05, 3.63) is 35.8 Å². The Hall–Kier alpha value is -1.81. The minimum absolute atomic E-state index is 0.424. The van der Waals surface area contributed by atoms with Gasteiger partial charge in [-0.2, -0.15) is 0 Å². The van der Waals surface area contributed by atoms with E-state index in [4.69, 9.17) is 10.5 Å². The molecule has 0 radical (unpaired) electrons. The molecule has 0 saturated carbocycles. The zero-order chi connectivity index (χ0) is 12.4. The van der Waals surface area contributed by atoms with Gasteiger partial charge < -0.3 is 15.0 Å². The van der Waals surface area contributed by atoms with Crippen LogP contribution >= 0.6 is 0 Å². The molecule has 2 rings (SSSR count). The van der Waals surface area contributed by atoms with Gasteiger partial charge in [0, 0.05) is 19.2 Å². The van der Waals surface area contributed by atoms with Gasteiger partial charge in [-0.3, -0.25) is 0 Å². The van der Waals surface area contributed by atoms with E-state index in [0.29, 0.717) is 6.54 Å². The molecule has 4 heteroatoms. The molecule has 2 aromatic rings. The largest absolute Gasteiger partial charge is 0.496 e. The third-order valence-electron chi connectivity index (χ3n) is 2.82. The molecule has 0 atom stereocenters. The molecule has 2 N–H and O–H groups in total. The van der Waals surface area contributed by atoms with E-state index in [1.165, 1.54) is 5.56 Å². The summed E-state index contributed by atoms with van der Waals surface area (Å²) in [6.07, 6.45) is 1.78. The minimum atomic E-state index is 0.424. The summed E-state index contributed by atoms with van der Waals surface area (Å²) >= 11 is 0. The number of hydrogen-bond acceptors (Lipinski definition) is 3. The number of imidazole rings is 1. The smallest absolute Gasteiger partial charge is 0.128 e. The van der Waals surface area contributed by atoms with E-state index < -0.39 is 0 Å². The molecular weight excluding hydrogens is 214 g/mol. The third kappa shape index (κ3) is 2.03. The number of hydrogen-bond donors (Lipinski definition) is 1. The summed E-state index contributed by atoms with van der Waals surface area (Å²) in [6.45, 7) is 2.48. The van der Waals surface area contributed by atoms with Gasteiger partial charge in [-0.1, -0.05) is 11.6 Å². The normalized spacial score (nSPS) is 10.6. The van der Waals surface area contributed by atoms with Gasteiger partial charge in [-0.15, -0.1) is 0 Å². The highest BCUT2D eigenvalue weighted by molar-refractivity contribution is 5.70. The summed E-state index contributed by atoms with van der Waals surface area (Å²) in [6, 6.07) is 6.09. The number of aromatic nitrogens is 2. The number of ether oxygens (including phenoxy) is 1. The number of nitrogens with zero attached hydrogens (tertiary/aromatic N) is 2. The molecular formula is C13H17N3O. The fourth-order valence-electron chi connectivity index (χ4n) is 1.98. The number of rotatable bonds is 3. The summed E-state index contributed by atoms with van der Waals surface area (Å²) in [4.78, 5) is 4.30. The highest BCUT2D eigenvalue weighted by atomic mass is 16.5. The first-order chi connectivity index (χ1) is 8.17. The zero-order valence-corrected chi connectivity index (χ0v) is 10.4. The average molecular weight is 231 g/mol. The van der Waals surface area contributed by atoms with Crippen molar-refractivity contribution in [2.45, 2.75) is 13.5 Å². The standard InChI is InChI=1S/C13H17N3O/c1-9-4-5-12(17-3)10(6-9)13-11(7-14)15-8-16(13)2/h4-6,8H,7,14H2,1-3H3. The second kappa shape index (κ2) is 4.59. The summed E-state index contributed by atoms with van der Waals surface area (Å²) in [5, 5.41) is 0. The first-order valence-corrected chi connectivity index (χ1v) is 5.52. The number of nitrogens with two attached hydrogens (primary N) is 1. The minimum Gasteiger partial charge on any atom is -0.496 e. The maximum absolute atomic E-state index is 5.71. The van der Waals surface area contributed by atoms with E-state index in [0.717, 1.165) is 22.7 Å². The third-order valence-corrected chi connectivity index (χ3v) is 2.82. The van der Waals surface area contributed by atoms with Crippen LogP contribution in [-0.2, 0) is 13.6 Å². The van der Waals surface area contributed by atoms with Gasteiger partial charge in [0.2, 0.25) is 0 Å². The van der Waals surface area contributed by atoms with E-state index in [2.05, 4.69) is 18.0 Å². The van der Waals surface area contributed by atoms with Gasteiger partial charge in [0.1, 0.15) is 5.75 Å². The Bertz CT molecular complexity index is 531. The van der Waals surface area contributed by atoms with Crippen LogP contribution in [0.3, 0.4) is 0 Å². The molecule has 0 aliphatic rings. The monoisotopic (exact) mass is 231 g/mol. The van der Waals surface area contributed by atoms with E-state index in [1.807, 2.05) is 23.7 Å². The highest BCUT2D eigenvalue weighted by Gasteiger charge is 2.14. The van der Waals surface area contributed by atoms with Crippen molar-refractivity contribution in [3.63, 3.8) is 0 Å². The van der Waals surface area contributed by atoms with Crippen LogP contribution in [0.15, 0.2) is 24.5 Å². The summed E-state index contributed by atoms with van der Waals surface area (Å²) in [5.74, 6) is 0.842. The fourth-order valence-corrected chi connectivity index (χ4v) is 1.98. The Morgan fingerprint density at radius 1 is 1.41 bits per heavy atom. The van der Waals surface area contributed by atoms with Crippen LogP contribution in [0.25, 0.3) is 11.3 Å². The SMILES string of the molecule is COc1ccc(C)cc1-c1c(CN)ncn1C. The quantitative estimate of drug-likeness (QED) is 0.877. The van der Waals surface area contributed by atoms with Crippen LogP contribution in [0.1, 0.15) is 11.3 Å². The lowest BCUT2D eigenvalue weighted by atomic mass is 10.1. The average Bonchev–Trinajstić information content (AvgIpc) is 2.70. The molecule has 1 aromatic carbocycles. The van der Waals surface area contributed by atoms with Crippen LogP contribution in [0.5, 0.6) is 5.75 Å². The Labute approximate surface area is 101 Å². The van der Waals surface area contributed by atoms with E-state index in [1.54, 1.807) is 13.4 Å². The molecule has 4 nitrogen and oxygen atoms in total. The number of benzene rings is 1. The topological polar surface area (TPSA) is 53.1 Å². The van der Waals surface area contributed by atoms with Gasteiger partial charge >= 0.3 is 0 Å². The molecule has 0 aliphatic carbocycles. The molecule has 0 saturated heterocycles. The van der Waals surface area contributed by atoms with Gasteiger partial charge in [-0.05, 0) is 19.1 Å². The molecule has 1 heterocycles. The van der Waals surface area contributed by atoms with Crippen molar-refractivity contribution < 1.29 is 4.74 Å². The number of aryl methyl sites for hydroxylation is 2. The molecule has 0 unspecified atom stereocenters. The maximum Gasteiger partial charge on any atom is 0.128 e. The van der Waals surface area contributed by atoms with Crippen molar-refractivity contribution in [1.82, 2.24) is 9.55 Å². The van der Waals surface area contributed by atoms with Crippen LogP contribution in [0.2, 0.25) is 0 Å². The van der Waals surface area contributed by atoms with Gasteiger partial charge in [0.25, 0.3) is 0 Å². The molecule has 0 fully saturated rings. The van der Waals surface area contributed by atoms with Gasteiger partial charge in [-0.25, -0.2) is 4.98 Å². The van der Waals surface area contributed by atoms with Gasteiger partial charge in [0.15, 0.2) is 0 Å². The Kier molecular flexibility index (Phi) is 3.15. The maximum atomic E-state index is 5.71. The zero-order valence-electron chi connectivity index (χ0n) is 10.4. The Morgan fingerprint density at radius 2 is 2.18 bits per heavy atom. The second-order valence-corrected chi connectivity index (χ2v) is 4.06. The van der Waals surface area contributed by atoms with Crippen LogP contribution in [0, 0.1) is 6.92 Å². The van der Waals surface area contributed by atoms with Crippen LogP contribution in [0.4, 0.5) is 0 Å². The van der Waals surface area contributed by atoms with Crippen molar-refractivity contribution in [3.8, 4) is 17.0 Å². The Balaban J connectivity index is 2.66. The lowest BCUT2D eigenvalue weighted by molar-refractivity contribution is 0.416. The van der Waals surface area contributed by atoms with E-state index in [-0.39, 0.29) is 0 Å². The van der Waals surface area contributed by atoms with Crippen LogP contribution < -0.4 is 10.5 Å². The molecule has 1 aromatic heterocycles. The molecule has 0 amide bonds. The van der Waals surface area contributed by atoms with Crippen molar-refractivity contribution in [2.75, 3.05) is 7.11 Å². The highest BCUT2D eigenvalue weighted by Crippen LogP contribution is 2.32. The molecule has 90 valence electrons. The van der Waals surface area contributed by atoms with Crippen molar-refractivity contribution in [1.29, 1.82) is 0 Å². The van der Waals surface area contributed by atoms with Crippen LogP contribution in [-0.4, -0.2) is 16.7 Å². The predicted octanol–water partition coefficient (Wildman–Crippen LogP) is 1.86. The molecule has 17 heavy (non-hydrogen) atoms.